The molecular weight excluding hydrogens is 310 g/mol. The first kappa shape index (κ1) is 18.2. The van der Waals surface area contributed by atoms with Gasteiger partial charge in [0.15, 0.2) is 12.4 Å². The van der Waals surface area contributed by atoms with E-state index in [-0.39, 0.29) is 29.5 Å². The fourth-order valence-corrected chi connectivity index (χ4v) is 2.85. The number of nitro groups is 1. The SMILES string of the molecule is CC(C)(CNC(=O)COc1ccccc1[N+](=O)[O-])N1CCCCC1. The van der Waals surface area contributed by atoms with Crippen LogP contribution in [0.15, 0.2) is 24.3 Å². The lowest BCUT2D eigenvalue weighted by Crippen LogP contribution is -2.53. The minimum absolute atomic E-state index is 0.105. The van der Waals surface area contributed by atoms with Crippen LogP contribution in [0.4, 0.5) is 5.69 Å². The van der Waals surface area contributed by atoms with Crippen LogP contribution in [0.3, 0.4) is 0 Å². The van der Waals surface area contributed by atoms with Crippen molar-refractivity contribution < 1.29 is 14.5 Å². The number of carbonyl (C=O) groups excluding carboxylic acids is 1. The average molecular weight is 335 g/mol. The summed E-state index contributed by atoms with van der Waals surface area (Å²) in [4.78, 5) is 24.8. The number of nitrogens with one attached hydrogen (secondary N) is 1. The van der Waals surface area contributed by atoms with Crippen molar-refractivity contribution >= 4 is 11.6 Å². The Morgan fingerprint density at radius 3 is 2.62 bits per heavy atom. The molecular formula is C17H25N3O4. The van der Waals surface area contributed by atoms with Crippen molar-refractivity contribution in [1.82, 2.24) is 10.2 Å². The standard InChI is InChI=1S/C17H25N3O4/c1-17(2,19-10-6-3-7-11-19)13-18-16(21)12-24-15-9-5-4-8-14(15)20(22)23/h4-5,8-9H,3,6-7,10-13H2,1-2H3,(H,18,21). The van der Waals surface area contributed by atoms with Crippen molar-refractivity contribution in [3.05, 3.63) is 34.4 Å². The van der Waals surface area contributed by atoms with Gasteiger partial charge in [0.05, 0.1) is 4.92 Å². The van der Waals surface area contributed by atoms with E-state index in [1.54, 1.807) is 12.1 Å². The number of ether oxygens (including phenoxy) is 1. The molecule has 24 heavy (non-hydrogen) atoms. The zero-order chi connectivity index (χ0) is 17.6. The number of hydrogen-bond donors (Lipinski definition) is 1. The van der Waals surface area contributed by atoms with Crippen LogP contribution in [0.5, 0.6) is 5.75 Å². The quantitative estimate of drug-likeness (QED) is 0.611. The van der Waals surface area contributed by atoms with Gasteiger partial charge < -0.3 is 10.1 Å². The third kappa shape index (κ3) is 4.92. The maximum atomic E-state index is 12.0. The molecule has 0 radical (unpaired) electrons. The number of carbonyl (C=O) groups is 1. The average Bonchev–Trinajstić information content (AvgIpc) is 2.59. The molecule has 1 fully saturated rings. The smallest absolute Gasteiger partial charge is 0.310 e. The lowest BCUT2D eigenvalue weighted by Gasteiger charge is -2.41. The summed E-state index contributed by atoms with van der Waals surface area (Å²) >= 11 is 0. The summed E-state index contributed by atoms with van der Waals surface area (Å²) in [6, 6.07) is 6.04. The van der Waals surface area contributed by atoms with E-state index in [9.17, 15) is 14.9 Å². The second-order valence-corrected chi connectivity index (χ2v) is 6.65. The minimum atomic E-state index is -0.521. The van der Waals surface area contributed by atoms with E-state index in [4.69, 9.17) is 4.74 Å². The molecule has 1 N–H and O–H groups in total. The van der Waals surface area contributed by atoms with Gasteiger partial charge >= 0.3 is 5.69 Å². The topological polar surface area (TPSA) is 84.7 Å². The predicted molar refractivity (Wildman–Crippen MR) is 91.1 cm³/mol. The summed E-state index contributed by atoms with van der Waals surface area (Å²) in [5.74, 6) is -0.175. The molecule has 1 saturated heterocycles. The van der Waals surface area contributed by atoms with Crippen molar-refractivity contribution in [2.75, 3.05) is 26.2 Å². The van der Waals surface area contributed by atoms with Crippen LogP contribution in [0.25, 0.3) is 0 Å². The highest BCUT2D eigenvalue weighted by atomic mass is 16.6. The van der Waals surface area contributed by atoms with Crippen molar-refractivity contribution in [3.63, 3.8) is 0 Å². The minimum Gasteiger partial charge on any atom is -0.477 e. The monoisotopic (exact) mass is 335 g/mol. The van der Waals surface area contributed by atoms with Gasteiger partial charge in [-0.3, -0.25) is 19.8 Å². The number of nitrogens with zero attached hydrogens (tertiary/aromatic N) is 2. The number of para-hydroxylation sites is 2. The fourth-order valence-electron chi connectivity index (χ4n) is 2.85. The molecule has 1 aromatic rings. The van der Waals surface area contributed by atoms with E-state index >= 15 is 0 Å². The van der Waals surface area contributed by atoms with Crippen LogP contribution in [0.2, 0.25) is 0 Å². The number of benzene rings is 1. The highest BCUT2D eigenvalue weighted by Crippen LogP contribution is 2.25. The third-order valence-corrected chi connectivity index (χ3v) is 4.35. The summed E-state index contributed by atoms with van der Waals surface area (Å²) in [7, 11) is 0. The van der Waals surface area contributed by atoms with Crippen molar-refractivity contribution in [2.45, 2.75) is 38.6 Å². The zero-order valence-electron chi connectivity index (χ0n) is 14.3. The van der Waals surface area contributed by atoms with Crippen molar-refractivity contribution in [1.29, 1.82) is 0 Å². The summed E-state index contributed by atoms with van der Waals surface area (Å²) in [6.07, 6.45) is 3.65. The molecule has 132 valence electrons. The molecule has 0 saturated carbocycles. The third-order valence-electron chi connectivity index (χ3n) is 4.35. The van der Waals surface area contributed by atoms with E-state index in [1.807, 2.05) is 0 Å². The molecule has 1 aromatic carbocycles. The maximum absolute atomic E-state index is 12.0. The van der Waals surface area contributed by atoms with E-state index < -0.39 is 4.92 Å². The van der Waals surface area contributed by atoms with E-state index in [0.717, 1.165) is 13.1 Å². The Morgan fingerprint density at radius 2 is 1.96 bits per heavy atom. The van der Waals surface area contributed by atoms with E-state index in [2.05, 4.69) is 24.1 Å². The first-order valence-corrected chi connectivity index (χ1v) is 8.28. The predicted octanol–water partition coefficient (Wildman–Crippen LogP) is 2.35. The first-order chi connectivity index (χ1) is 11.4. The van der Waals surface area contributed by atoms with Crippen LogP contribution in [-0.2, 0) is 4.79 Å². The molecule has 7 heteroatoms. The van der Waals surface area contributed by atoms with Gasteiger partial charge in [0.1, 0.15) is 0 Å². The molecule has 0 unspecified atom stereocenters. The fraction of sp³-hybridized carbons (Fsp3) is 0.588. The number of likely N-dealkylation sites (tertiary alicyclic amines) is 1. The molecule has 0 bridgehead atoms. The van der Waals surface area contributed by atoms with Crippen LogP contribution in [0, 0.1) is 10.1 Å². The van der Waals surface area contributed by atoms with Gasteiger partial charge in [0, 0.05) is 18.2 Å². The number of nitro benzene ring substituents is 1. The normalized spacial score (nSPS) is 15.8. The second-order valence-electron chi connectivity index (χ2n) is 6.65. The Balaban J connectivity index is 1.82. The van der Waals surface area contributed by atoms with E-state index in [1.165, 1.54) is 31.4 Å². The van der Waals surface area contributed by atoms with Gasteiger partial charge in [-0.2, -0.15) is 0 Å². The zero-order valence-corrected chi connectivity index (χ0v) is 14.3. The largest absolute Gasteiger partial charge is 0.477 e. The summed E-state index contributed by atoms with van der Waals surface area (Å²) in [6.45, 7) is 6.61. The van der Waals surface area contributed by atoms with Gasteiger partial charge in [-0.05, 0) is 45.8 Å². The Hall–Kier alpha value is -2.15. The molecule has 1 aliphatic heterocycles. The van der Waals surface area contributed by atoms with Gasteiger partial charge in [-0.1, -0.05) is 18.6 Å². The summed E-state index contributed by atoms with van der Waals surface area (Å²) in [5.41, 5.74) is -0.256. The Morgan fingerprint density at radius 1 is 1.29 bits per heavy atom. The lowest BCUT2D eigenvalue weighted by molar-refractivity contribution is -0.385. The van der Waals surface area contributed by atoms with Crippen LogP contribution < -0.4 is 10.1 Å². The molecule has 1 heterocycles. The molecule has 2 rings (SSSR count). The van der Waals surface area contributed by atoms with Crippen LogP contribution in [0.1, 0.15) is 33.1 Å². The van der Waals surface area contributed by atoms with E-state index in [0.29, 0.717) is 6.54 Å². The lowest BCUT2D eigenvalue weighted by atomic mass is 9.98. The Bertz CT molecular complexity index is 583. The van der Waals surface area contributed by atoms with Gasteiger partial charge in [0.25, 0.3) is 5.91 Å². The van der Waals surface area contributed by atoms with Gasteiger partial charge in [-0.25, -0.2) is 0 Å². The van der Waals surface area contributed by atoms with Crippen LogP contribution in [-0.4, -0.2) is 47.5 Å². The number of amides is 1. The highest BCUT2D eigenvalue weighted by Gasteiger charge is 2.28. The molecule has 7 nitrogen and oxygen atoms in total. The Kier molecular flexibility index (Phi) is 6.14. The summed E-state index contributed by atoms with van der Waals surface area (Å²) in [5, 5.41) is 13.8. The van der Waals surface area contributed by atoms with Crippen molar-refractivity contribution in [2.24, 2.45) is 0 Å². The van der Waals surface area contributed by atoms with Crippen LogP contribution >= 0.6 is 0 Å². The maximum Gasteiger partial charge on any atom is 0.310 e. The number of piperidine rings is 1. The molecule has 0 atom stereocenters. The van der Waals surface area contributed by atoms with Gasteiger partial charge in [0.2, 0.25) is 0 Å². The second kappa shape index (κ2) is 8.10. The number of hydrogen-bond acceptors (Lipinski definition) is 5. The van der Waals surface area contributed by atoms with Crippen molar-refractivity contribution in [3.8, 4) is 5.75 Å². The molecule has 0 spiro atoms. The van der Waals surface area contributed by atoms with Gasteiger partial charge in [-0.15, -0.1) is 0 Å². The highest BCUT2D eigenvalue weighted by molar-refractivity contribution is 5.77. The first-order valence-electron chi connectivity index (χ1n) is 8.28. The molecule has 1 aliphatic rings. The summed E-state index contributed by atoms with van der Waals surface area (Å²) < 4.78 is 5.30. The Labute approximate surface area is 142 Å². The molecule has 0 aliphatic carbocycles. The molecule has 1 amide bonds. The number of rotatable bonds is 7. The molecule has 0 aromatic heterocycles.